The number of Topliss-reactive ketones (excluding diaryl/α,β-unsaturated/α-hetero) is 1. The molecule has 0 aliphatic rings. The molecule has 14 heavy (non-hydrogen) atoms. The maximum atomic E-state index is 12.6. The molecular formula is C9H7F2NO2. The number of ketones is 1. The zero-order valence-electron chi connectivity index (χ0n) is 7.30. The molecule has 1 rings (SSSR count). The van der Waals surface area contributed by atoms with E-state index in [1.54, 1.807) is 0 Å². The number of hydrogen-bond acceptors (Lipinski definition) is 2. The normalized spacial score (nSPS) is 9.64. The Balaban J connectivity index is 3.03. The molecule has 1 N–H and O–H groups in total. The van der Waals surface area contributed by atoms with Crippen LogP contribution < -0.4 is 5.32 Å². The average molecular weight is 199 g/mol. The second-order valence-electron chi connectivity index (χ2n) is 2.54. The van der Waals surface area contributed by atoms with Crippen LogP contribution in [0.2, 0.25) is 0 Å². The lowest BCUT2D eigenvalue weighted by Crippen LogP contribution is -2.27. The minimum absolute atomic E-state index is 0.178. The van der Waals surface area contributed by atoms with Gasteiger partial charge in [-0.1, -0.05) is 0 Å². The summed E-state index contributed by atoms with van der Waals surface area (Å²) in [5.41, 5.74) is -0.178. The van der Waals surface area contributed by atoms with Gasteiger partial charge in [0.2, 0.25) is 5.78 Å². The zero-order chi connectivity index (χ0) is 10.7. The number of amides is 1. The molecular weight excluding hydrogens is 192 g/mol. The molecule has 0 fully saturated rings. The van der Waals surface area contributed by atoms with E-state index in [0.29, 0.717) is 6.07 Å². The third kappa shape index (κ3) is 1.93. The molecule has 0 radical (unpaired) electrons. The minimum Gasteiger partial charge on any atom is -0.352 e. The van der Waals surface area contributed by atoms with Gasteiger partial charge in [-0.15, -0.1) is 0 Å². The van der Waals surface area contributed by atoms with Gasteiger partial charge in [0.05, 0.1) is 0 Å². The fourth-order valence-electron chi connectivity index (χ4n) is 0.882. The quantitative estimate of drug-likeness (QED) is 0.568. The molecule has 0 aliphatic heterocycles. The standard InChI is InChI=1S/C9H7F2NO2/c1-12-9(14)8(13)5-2-3-6(10)7(11)4-5/h2-4H,1H3,(H,12,14). The van der Waals surface area contributed by atoms with Crippen LogP contribution in [0.5, 0.6) is 0 Å². The second-order valence-corrected chi connectivity index (χ2v) is 2.54. The highest BCUT2D eigenvalue weighted by Gasteiger charge is 2.15. The highest BCUT2D eigenvalue weighted by Crippen LogP contribution is 2.09. The van der Waals surface area contributed by atoms with Crippen LogP contribution in [-0.2, 0) is 4.79 Å². The Labute approximate surface area is 78.7 Å². The van der Waals surface area contributed by atoms with E-state index in [1.807, 2.05) is 0 Å². The number of carbonyl (C=O) groups is 2. The number of halogens is 2. The minimum atomic E-state index is -1.15. The first-order valence-electron chi connectivity index (χ1n) is 3.77. The summed E-state index contributed by atoms with van der Waals surface area (Å²) in [6.07, 6.45) is 0. The lowest BCUT2D eigenvalue weighted by atomic mass is 10.1. The Morgan fingerprint density at radius 3 is 2.36 bits per heavy atom. The molecule has 0 bridgehead atoms. The summed E-state index contributed by atoms with van der Waals surface area (Å²) < 4.78 is 25.1. The monoisotopic (exact) mass is 199 g/mol. The maximum Gasteiger partial charge on any atom is 0.292 e. The largest absolute Gasteiger partial charge is 0.352 e. The maximum absolute atomic E-state index is 12.6. The number of likely N-dealkylation sites (N-methyl/N-ethyl adjacent to an activating group) is 1. The van der Waals surface area contributed by atoms with E-state index in [4.69, 9.17) is 0 Å². The van der Waals surface area contributed by atoms with E-state index in [1.165, 1.54) is 7.05 Å². The number of benzene rings is 1. The number of hydrogen-bond donors (Lipinski definition) is 1. The highest BCUT2D eigenvalue weighted by molar-refractivity contribution is 6.42. The van der Waals surface area contributed by atoms with E-state index in [2.05, 4.69) is 5.32 Å². The van der Waals surface area contributed by atoms with Crippen molar-refractivity contribution in [2.75, 3.05) is 7.05 Å². The van der Waals surface area contributed by atoms with Gasteiger partial charge in [-0.3, -0.25) is 9.59 Å². The first-order valence-corrected chi connectivity index (χ1v) is 3.77. The smallest absolute Gasteiger partial charge is 0.292 e. The molecule has 1 aromatic rings. The van der Waals surface area contributed by atoms with Crippen LogP contribution in [0.1, 0.15) is 10.4 Å². The molecule has 0 aromatic heterocycles. The van der Waals surface area contributed by atoms with Crippen molar-refractivity contribution in [3.63, 3.8) is 0 Å². The van der Waals surface area contributed by atoms with Crippen LogP contribution in [0.25, 0.3) is 0 Å². The van der Waals surface area contributed by atoms with Gasteiger partial charge >= 0.3 is 0 Å². The first-order chi connectivity index (χ1) is 6.56. The van der Waals surface area contributed by atoms with Crippen LogP contribution in [-0.4, -0.2) is 18.7 Å². The highest BCUT2D eigenvalue weighted by atomic mass is 19.2. The van der Waals surface area contributed by atoms with Crippen LogP contribution in [0.4, 0.5) is 8.78 Å². The molecule has 0 heterocycles. The predicted octanol–water partition coefficient (Wildman–Crippen LogP) is 0.893. The van der Waals surface area contributed by atoms with E-state index in [-0.39, 0.29) is 5.56 Å². The molecule has 0 unspecified atom stereocenters. The summed E-state index contributed by atoms with van der Waals surface area (Å²) in [4.78, 5) is 22.0. The van der Waals surface area contributed by atoms with Gasteiger partial charge in [0.1, 0.15) is 0 Å². The Hall–Kier alpha value is -1.78. The van der Waals surface area contributed by atoms with Crippen molar-refractivity contribution in [1.29, 1.82) is 0 Å². The van der Waals surface area contributed by atoms with Crippen molar-refractivity contribution in [3.8, 4) is 0 Å². The lowest BCUT2D eigenvalue weighted by Gasteiger charge is -1.99. The van der Waals surface area contributed by atoms with E-state index >= 15 is 0 Å². The number of nitrogens with one attached hydrogen (secondary N) is 1. The van der Waals surface area contributed by atoms with Crippen molar-refractivity contribution in [3.05, 3.63) is 35.4 Å². The van der Waals surface area contributed by atoms with Gasteiger partial charge in [0.25, 0.3) is 5.91 Å². The number of carbonyl (C=O) groups excluding carboxylic acids is 2. The van der Waals surface area contributed by atoms with Crippen LogP contribution in [0.3, 0.4) is 0 Å². The molecule has 5 heteroatoms. The zero-order valence-corrected chi connectivity index (χ0v) is 7.30. The Morgan fingerprint density at radius 2 is 1.86 bits per heavy atom. The molecule has 0 saturated heterocycles. The van der Waals surface area contributed by atoms with Crippen LogP contribution >= 0.6 is 0 Å². The third-order valence-corrected chi connectivity index (χ3v) is 1.62. The molecule has 1 amide bonds. The third-order valence-electron chi connectivity index (χ3n) is 1.62. The molecule has 1 aromatic carbocycles. The van der Waals surface area contributed by atoms with Gasteiger partial charge in [0, 0.05) is 12.6 Å². The van der Waals surface area contributed by atoms with Crippen molar-refractivity contribution in [2.45, 2.75) is 0 Å². The summed E-state index contributed by atoms with van der Waals surface area (Å²) in [5, 5.41) is 2.09. The summed E-state index contributed by atoms with van der Waals surface area (Å²) in [6, 6.07) is 2.54. The van der Waals surface area contributed by atoms with Crippen molar-refractivity contribution < 1.29 is 18.4 Å². The summed E-state index contributed by atoms with van der Waals surface area (Å²) >= 11 is 0. The van der Waals surface area contributed by atoms with Gasteiger partial charge in [-0.2, -0.15) is 0 Å². The molecule has 74 valence electrons. The Kier molecular flexibility index (Phi) is 2.91. The number of rotatable bonds is 2. The predicted molar refractivity (Wildman–Crippen MR) is 44.8 cm³/mol. The first kappa shape index (κ1) is 10.3. The summed E-state index contributed by atoms with van der Waals surface area (Å²) in [7, 11) is 1.28. The SMILES string of the molecule is CNC(=O)C(=O)c1ccc(F)c(F)c1. The molecule has 0 aliphatic carbocycles. The van der Waals surface area contributed by atoms with Gasteiger partial charge in [-0.05, 0) is 18.2 Å². The van der Waals surface area contributed by atoms with E-state index in [9.17, 15) is 18.4 Å². The molecule has 0 saturated carbocycles. The van der Waals surface area contributed by atoms with Crippen molar-refractivity contribution in [1.82, 2.24) is 5.32 Å². The average Bonchev–Trinajstić information content (AvgIpc) is 2.20. The second kappa shape index (κ2) is 3.95. The van der Waals surface area contributed by atoms with Crippen LogP contribution in [0, 0.1) is 11.6 Å². The van der Waals surface area contributed by atoms with Crippen LogP contribution in [0.15, 0.2) is 18.2 Å². The summed E-state index contributed by atoms with van der Waals surface area (Å²) in [5.74, 6) is -3.97. The van der Waals surface area contributed by atoms with Crippen molar-refractivity contribution >= 4 is 11.7 Å². The Morgan fingerprint density at radius 1 is 1.21 bits per heavy atom. The van der Waals surface area contributed by atoms with Crippen molar-refractivity contribution in [2.24, 2.45) is 0 Å². The summed E-state index contributed by atoms with van der Waals surface area (Å²) in [6.45, 7) is 0. The van der Waals surface area contributed by atoms with E-state index in [0.717, 1.165) is 12.1 Å². The lowest BCUT2D eigenvalue weighted by molar-refractivity contribution is -0.116. The molecule has 3 nitrogen and oxygen atoms in total. The fraction of sp³-hybridized carbons (Fsp3) is 0.111. The van der Waals surface area contributed by atoms with Gasteiger partial charge in [-0.25, -0.2) is 8.78 Å². The van der Waals surface area contributed by atoms with Gasteiger partial charge in [0.15, 0.2) is 11.6 Å². The van der Waals surface area contributed by atoms with Gasteiger partial charge < -0.3 is 5.32 Å². The molecule has 0 atom stereocenters. The Bertz CT molecular complexity index is 390. The fourth-order valence-corrected chi connectivity index (χ4v) is 0.882. The van der Waals surface area contributed by atoms with E-state index < -0.39 is 23.3 Å². The topological polar surface area (TPSA) is 46.2 Å². The molecule has 0 spiro atoms.